The molecule has 0 rings (SSSR count). The van der Waals surface area contributed by atoms with Gasteiger partial charge in [-0.2, -0.15) is 0 Å². The van der Waals surface area contributed by atoms with Crippen molar-refractivity contribution in [1.29, 1.82) is 0 Å². The van der Waals surface area contributed by atoms with Crippen LogP contribution in [0.3, 0.4) is 0 Å². The van der Waals surface area contributed by atoms with Crippen molar-refractivity contribution in [1.82, 2.24) is 0 Å². The average molecular weight is 1230 g/mol. The summed E-state index contributed by atoms with van der Waals surface area (Å²) in [6.45, 7) is 4.06. The number of aliphatic hydroxyl groups excluding tert-OH is 1. The first-order valence-electron chi connectivity index (χ1n) is 38.8. The molecule has 1 N–H and O–H groups in total. The normalized spacial score (nSPS) is 12.7. The molecular formula is C83H148O5. The second-order valence-electron chi connectivity index (χ2n) is 26.1. The number of allylic oxidation sites excluding steroid dienone is 16. The third kappa shape index (κ3) is 75.3. The SMILES string of the molecule is CC/C=C\C/C=C\C/C=C\C/C=C\C/C=C\C/C=C\CCCCCCCCCCCCCCCCCCCCCCC(=O)OC(CO)COC(=O)CCCCCCCCCCCCCCCCCCCCCCCCC/C=C\C/C=C\CCCCCCC. The van der Waals surface area contributed by atoms with E-state index in [1.165, 1.54) is 289 Å². The van der Waals surface area contributed by atoms with Crippen LogP contribution in [0.25, 0.3) is 0 Å². The fourth-order valence-corrected chi connectivity index (χ4v) is 11.6. The standard InChI is InChI=1S/C83H148O5/c1-3-5-7-9-11-13-15-17-19-21-23-25-27-29-31-33-35-37-39-40-41-42-44-46-48-50-52-54-56-58-60-62-64-66-68-70-72-74-76-78-83(86)88-81(79-84)80-87-82(85)77-75-73-71-69-67-65-63-61-59-57-55-53-51-49-47-45-43-38-36-34-32-30-28-26-24-22-20-18-16-14-12-10-8-6-4-2/h5,7,11,13,16-19,22-25,29,31,35,37,81,84H,3-4,6,8-10,12,14-15,20-21,26-28,30,32-34,36,38-80H2,1-2H3/b7-5-,13-11-,18-16-,19-17-,24-22-,25-23-,31-29-,37-35-. The molecule has 0 aromatic carbocycles. The van der Waals surface area contributed by atoms with Crippen LogP contribution in [0.4, 0.5) is 0 Å². The lowest BCUT2D eigenvalue weighted by Crippen LogP contribution is -2.28. The molecular weight excluding hydrogens is 1080 g/mol. The van der Waals surface area contributed by atoms with Gasteiger partial charge in [0, 0.05) is 12.8 Å². The molecule has 5 heteroatoms. The van der Waals surface area contributed by atoms with Crippen molar-refractivity contribution in [3.05, 3.63) is 97.2 Å². The van der Waals surface area contributed by atoms with E-state index in [1.54, 1.807) is 0 Å². The Hall–Kier alpha value is -3.18. The summed E-state index contributed by atoms with van der Waals surface area (Å²) in [6, 6.07) is 0. The van der Waals surface area contributed by atoms with Gasteiger partial charge in [-0.3, -0.25) is 9.59 Å². The van der Waals surface area contributed by atoms with Gasteiger partial charge in [0.05, 0.1) is 6.61 Å². The van der Waals surface area contributed by atoms with Crippen molar-refractivity contribution in [2.75, 3.05) is 13.2 Å². The highest BCUT2D eigenvalue weighted by molar-refractivity contribution is 5.70. The van der Waals surface area contributed by atoms with Gasteiger partial charge in [0.2, 0.25) is 0 Å². The van der Waals surface area contributed by atoms with Gasteiger partial charge in [0.25, 0.3) is 0 Å². The van der Waals surface area contributed by atoms with Crippen LogP contribution in [0, 0.1) is 0 Å². The number of unbranched alkanes of at least 4 members (excludes halogenated alkanes) is 48. The molecule has 0 heterocycles. The van der Waals surface area contributed by atoms with Crippen molar-refractivity contribution < 1.29 is 24.2 Å². The summed E-state index contributed by atoms with van der Waals surface area (Å²) >= 11 is 0. The molecule has 0 aliphatic rings. The molecule has 0 aromatic rings. The quantitative estimate of drug-likeness (QED) is 0.0373. The number of aliphatic hydroxyl groups is 1. The largest absolute Gasteiger partial charge is 0.462 e. The Kier molecular flexibility index (Phi) is 75.2. The number of ether oxygens (including phenoxy) is 2. The molecule has 0 aliphatic carbocycles. The minimum absolute atomic E-state index is 0.0624. The van der Waals surface area contributed by atoms with E-state index in [-0.39, 0.29) is 25.2 Å². The Bertz CT molecular complexity index is 1630. The van der Waals surface area contributed by atoms with E-state index in [1.807, 2.05) is 0 Å². The maximum Gasteiger partial charge on any atom is 0.306 e. The van der Waals surface area contributed by atoms with Gasteiger partial charge in [-0.05, 0) is 96.3 Å². The fourth-order valence-electron chi connectivity index (χ4n) is 11.6. The average Bonchev–Trinajstić information content (AvgIpc) is 3.54. The van der Waals surface area contributed by atoms with Crippen molar-refractivity contribution in [3.8, 4) is 0 Å². The molecule has 0 bridgehead atoms. The summed E-state index contributed by atoms with van der Waals surface area (Å²) in [6.07, 6.45) is 112. The number of carbonyl (C=O) groups excluding carboxylic acids is 2. The number of esters is 2. The first-order valence-corrected chi connectivity index (χ1v) is 38.8. The predicted octanol–water partition coefficient (Wildman–Crippen LogP) is 27.3. The number of carbonyl (C=O) groups is 2. The molecule has 0 saturated carbocycles. The first-order chi connectivity index (χ1) is 43.6. The van der Waals surface area contributed by atoms with Crippen molar-refractivity contribution in [2.24, 2.45) is 0 Å². The van der Waals surface area contributed by atoms with E-state index in [0.717, 1.165) is 83.5 Å². The molecule has 1 atom stereocenters. The smallest absolute Gasteiger partial charge is 0.306 e. The zero-order valence-corrected chi connectivity index (χ0v) is 58.7. The lowest BCUT2D eigenvalue weighted by atomic mass is 10.0. The first kappa shape index (κ1) is 84.8. The third-order valence-corrected chi connectivity index (χ3v) is 17.4. The molecule has 1 unspecified atom stereocenters. The molecule has 0 fully saturated rings. The van der Waals surface area contributed by atoms with Crippen LogP contribution in [0.15, 0.2) is 97.2 Å². The highest BCUT2D eigenvalue weighted by atomic mass is 16.6. The van der Waals surface area contributed by atoms with Gasteiger partial charge in [0.15, 0.2) is 6.10 Å². The van der Waals surface area contributed by atoms with Gasteiger partial charge in [0.1, 0.15) is 6.61 Å². The second kappa shape index (κ2) is 78.1. The van der Waals surface area contributed by atoms with Gasteiger partial charge >= 0.3 is 11.9 Å². The van der Waals surface area contributed by atoms with Gasteiger partial charge in [-0.25, -0.2) is 0 Å². The van der Waals surface area contributed by atoms with Crippen LogP contribution in [0.2, 0.25) is 0 Å². The van der Waals surface area contributed by atoms with Crippen LogP contribution in [0.1, 0.15) is 399 Å². The minimum Gasteiger partial charge on any atom is -0.462 e. The van der Waals surface area contributed by atoms with E-state index in [2.05, 4.69) is 111 Å². The Labute approximate surface area is 548 Å². The molecule has 0 radical (unpaired) electrons. The summed E-state index contributed by atoms with van der Waals surface area (Å²) in [5.41, 5.74) is 0. The number of hydrogen-bond donors (Lipinski definition) is 1. The monoisotopic (exact) mass is 1230 g/mol. The van der Waals surface area contributed by atoms with Crippen LogP contribution >= 0.6 is 0 Å². The van der Waals surface area contributed by atoms with E-state index in [4.69, 9.17) is 9.47 Å². The van der Waals surface area contributed by atoms with Gasteiger partial charge < -0.3 is 14.6 Å². The van der Waals surface area contributed by atoms with E-state index in [9.17, 15) is 14.7 Å². The molecule has 0 aliphatic heterocycles. The Balaban J connectivity index is 3.40. The van der Waals surface area contributed by atoms with Crippen LogP contribution < -0.4 is 0 Å². The fraction of sp³-hybridized carbons (Fsp3) is 0.783. The van der Waals surface area contributed by atoms with Crippen LogP contribution in [0.5, 0.6) is 0 Å². The molecule has 88 heavy (non-hydrogen) atoms. The highest BCUT2D eigenvalue weighted by Crippen LogP contribution is 2.19. The van der Waals surface area contributed by atoms with Crippen LogP contribution in [-0.4, -0.2) is 36.4 Å². The minimum atomic E-state index is -0.774. The Morgan fingerprint density at radius 3 is 0.739 bits per heavy atom. The zero-order valence-electron chi connectivity index (χ0n) is 58.7. The Morgan fingerprint density at radius 1 is 0.273 bits per heavy atom. The molecule has 0 amide bonds. The predicted molar refractivity (Wildman–Crippen MR) is 389 cm³/mol. The number of hydrogen-bond acceptors (Lipinski definition) is 5. The number of rotatable bonds is 72. The lowest BCUT2D eigenvalue weighted by Gasteiger charge is -2.15. The molecule has 0 saturated heterocycles. The molecule has 510 valence electrons. The topological polar surface area (TPSA) is 72.8 Å². The maximum absolute atomic E-state index is 12.4. The maximum atomic E-state index is 12.4. The summed E-state index contributed by atoms with van der Waals surface area (Å²) in [7, 11) is 0. The van der Waals surface area contributed by atoms with E-state index in [0.29, 0.717) is 12.8 Å². The second-order valence-corrected chi connectivity index (χ2v) is 26.1. The summed E-state index contributed by atoms with van der Waals surface area (Å²) in [5.74, 6) is -0.570. The van der Waals surface area contributed by atoms with Crippen molar-refractivity contribution >= 4 is 11.9 Å². The highest BCUT2D eigenvalue weighted by Gasteiger charge is 2.16. The summed E-state index contributed by atoms with van der Waals surface area (Å²) < 4.78 is 10.8. The lowest BCUT2D eigenvalue weighted by molar-refractivity contribution is -0.161. The van der Waals surface area contributed by atoms with Crippen molar-refractivity contribution in [2.45, 2.75) is 405 Å². The van der Waals surface area contributed by atoms with Gasteiger partial charge in [-0.15, -0.1) is 0 Å². The van der Waals surface area contributed by atoms with Gasteiger partial charge in [-0.1, -0.05) is 387 Å². The Morgan fingerprint density at radius 2 is 0.489 bits per heavy atom. The zero-order chi connectivity index (χ0) is 63.3. The molecule has 0 spiro atoms. The molecule has 0 aromatic heterocycles. The summed E-state index contributed by atoms with van der Waals surface area (Å²) in [5, 5.41) is 9.73. The summed E-state index contributed by atoms with van der Waals surface area (Å²) in [4.78, 5) is 24.7. The van der Waals surface area contributed by atoms with E-state index >= 15 is 0 Å². The third-order valence-electron chi connectivity index (χ3n) is 17.4. The van der Waals surface area contributed by atoms with E-state index < -0.39 is 6.10 Å². The van der Waals surface area contributed by atoms with Crippen molar-refractivity contribution in [3.63, 3.8) is 0 Å². The van der Waals surface area contributed by atoms with Crippen LogP contribution in [-0.2, 0) is 19.1 Å². The molecule has 5 nitrogen and oxygen atoms in total.